The number of benzene rings is 2. The van der Waals surface area contributed by atoms with Crippen molar-refractivity contribution in [3.05, 3.63) is 64.8 Å². The van der Waals surface area contributed by atoms with E-state index in [4.69, 9.17) is 5.26 Å². The molecular formula is C20H15F3N4O2. The number of amides is 2. The summed E-state index contributed by atoms with van der Waals surface area (Å²) in [7, 11) is 0. The summed E-state index contributed by atoms with van der Waals surface area (Å²) in [6.45, 7) is 1.23. The Morgan fingerprint density at radius 3 is 2.55 bits per heavy atom. The first-order chi connectivity index (χ1) is 13.7. The summed E-state index contributed by atoms with van der Waals surface area (Å²) >= 11 is 0. The van der Waals surface area contributed by atoms with E-state index in [9.17, 15) is 22.8 Å². The van der Waals surface area contributed by atoms with E-state index in [0.29, 0.717) is 27.7 Å². The van der Waals surface area contributed by atoms with E-state index in [-0.39, 0.29) is 12.1 Å². The zero-order chi connectivity index (χ0) is 21.2. The summed E-state index contributed by atoms with van der Waals surface area (Å²) in [6, 6.07) is 10.4. The number of hydrogen-bond donors (Lipinski definition) is 3. The van der Waals surface area contributed by atoms with Crippen LogP contribution >= 0.6 is 0 Å². The van der Waals surface area contributed by atoms with Crippen molar-refractivity contribution < 1.29 is 22.8 Å². The van der Waals surface area contributed by atoms with E-state index in [1.54, 1.807) is 18.2 Å². The number of nitrogens with zero attached hydrogens (tertiary/aromatic N) is 1. The van der Waals surface area contributed by atoms with Crippen molar-refractivity contribution in [1.82, 2.24) is 10.3 Å². The number of aromatic nitrogens is 1. The molecule has 148 valence electrons. The summed E-state index contributed by atoms with van der Waals surface area (Å²) in [5, 5.41) is 14.4. The number of halogens is 3. The molecule has 3 rings (SSSR count). The molecule has 3 aromatic rings. The lowest BCUT2D eigenvalue weighted by molar-refractivity contribution is -0.138. The molecule has 1 aromatic heterocycles. The molecule has 6 nitrogen and oxygen atoms in total. The van der Waals surface area contributed by atoms with Crippen LogP contribution in [0.2, 0.25) is 0 Å². The van der Waals surface area contributed by atoms with Crippen LogP contribution in [0, 0.1) is 18.3 Å². The fraction of sp³-hybridized carbons (Fsp3) is 0.150. The largest absolute Gasteiger partial charge is 0.416 e. The second-order valence-electron chi connectivity index (χ2n) is 6.36. The van der Waals surface area contributed by atoms with Crippen molar-refractivity contribution in [1.29, 1.82) is 5.26 Å². The van der Waals surface area contributed by atoms with E-state index in [0.717, 1.165) is 6.07 Å². The molecule has 0 radical (unpaired) electrons. The molecule has 0 aliphatic carbocycles. The first-order valence-corrected chi connectivity index (χ1v) is 8.46. The van der Waals surface area contributed by atoms with E-state index in [1.807, 2.05) is 6.07 Å². The molecule has 9 heteroatoms. The molecule has 0 saturated heterocycles. The molecule has 2 amide bonds. The number of hydrogen-bond acceptors (Lipinski definition) is 3. The van der Waals surface area contributed by atoms with E-state index in [1.165, 1.54) is 25.3 Å². The Morgan fingerprint density at radius 1 is 1.14 bits per heavy atom. The monoisotopic (exact) mass is 400 g/mol. The molecule has 0 aliphatic heterocycles. The molecule has 0 fully saturated rings. The van der Waals surface area contributed by atoms with Crippen LogP contribution in [0.25, 0.3) is 10.9 Å². The van der Waals surface area contributed by atoms with Gasteiger partial charge in [0.1, 0.15) is 0 Å². The Labute approximate surface area is 163 Å². The first-order valence-electron chi connectivity index (χ1n) is 8.46. The van der Waals surface area contributed by atoms with Crippen LogP contribution in [0.3, 0.4) is 0 Å². The van der Waals surface area contributed by atoms with Gasteiger partial charge in [0.15, 0.2) is 0 Å². The quantitative estimate of drug-likeness (QED) is 0.586. The maximum Gasteiger partial charge on any atom is 0.416 e. The van der Waals surface area contributed by atoms with Crippen LogP contribution in [-0.2, 0) is 22.3 Å². The topological polar surface area (TPSA) is 97.8 Å². The molecule has 0 saturated carbocycles. The van der Waals surface area contributed by atoms with E-state index in [2.05, 4.69) is 15.6 Å². The molecule has 0 unspecified atom stereocenters. The second-order valence-corrected chi connectivity index (χ2v) is 6.36. The summed E-state index contributed by atoms with van der Waals surface area (Å²) < 4.78 is 38.4. The molecule has 2 aromatic carbocycles. The zero-order valence-corrected chi connectivity index (χ0v) is 15.1. The van der Waals surface area contributed by atoms with E-state index >= 15 is 0 Å². The highest BCUT2D eigenvalue weighted by atomic mass is 19.4. The van der Waals surface area contributed by atoms with Gasteiger partial charge in [-0.25, -0.2) is 0 Å². The first kappa shape index (κ1) is 19.9. The second kappa shape index (κ2) is 7.67. The number of carbonyl (C=O) groups is 2. The fourth-order valence-corrected chi connectivity index (χ4v) is 2.89. The Bertz CT molecular complexity index is 1140. The van der Waals surface area contributed by atoms with Crippen LogP contribution in [0.4, 0.5) is 18.9 Å². The third kappa shape index (κ3) is 4.38. The fourth-order valence-electron chi connectivity index (χ4n) is 2.89. The number of rotatable bonds is 3. The van der Waals surface area contributed by atoms with Crippen molar-refractivity contribution in [3.8, 4) is 6.07 Å². The van der Waals surface area contributed by atoms with Crippen LogP contribution in [0.1, 0.15) is 22.3 Å². The lowest BCUT2D eigenvalue weighted by atomic mass is 10.0. The normalized spacial score (nSPS) is 11.1. The van der Waals surface area contributed by atoms with Gasteiger partial charge in [-0.05, 0) is 42.3 Å². The minimum atomic E-state index is -4.45. The Balaban J connectivity index is 1.65. The van der Waals surface area contributed by atoms with Crippen LogP contribution in [0.5, 0.6) is 0 Å². The lowest BCUT2D eigenvalue weighted by Crippen LogP contribution is -2.34. The minimum absolute atomic E-state index is 0.0285. The zero-order valence-electron chi connectivity index (χ0n) is 15.1. The number of aryl methyl sites for hydroxylation is 1. The van der Waals surface area contributed by atoms with Gasteiger partial charge in [0, 0.05) is 23.6 Å². The third-order valence-electron chi connectivity index (χ3n) is 4.31. The summed E-state index contributed by atoms with van der Waals surface area (Å²) in [4.78, 5) is 27.1. The molecule has 1 heterocycles. The third-order valence-corrected chi connectivity index (χ3v) is 4.31. The van der Waals surface area contributed by atoms with Gasteiger partial charge in [0.05, 0.1) is 22.9 Å². The summed E-state index contributed by atoms with van der Waals surface area (Å²) in [5.41, 5.74) is 1.13. The van der Waals surface area contributed by atoms with Gasteiger partial charge in [-0.15, -0.1) is 0 Å². The highest BCUT2D eigenvalue weighted by Crippen LogP contribution is 2.32. The van der Waals surface area contributed by atoms with Crippen LogP contribution in [-0.4, -0.2) is 16.8 Å². The van der Waals surface area contributed by atoms with Gasteiger partial charge in [-0.2, -0.15) is 18.4 Å². The number of alkyl halides is 3. The van der Waals surface area contributed by atoms with E-state index < -0.39 is 23.6 Å². The van der Waals surface area contributed by atoms with Gasteiger partial charge >= 0.3 is 18.0 Å². The highest BCUT2D eigenvalue weighted by Gasteiger charge is 2.32. The minimum Gasteiger partial charge on any atom is -0.359 e. The SMILES string of the molecule is Cc1cc(CNC(=O)C(=O)Nc2c[nH]c3ccc(C#N)cc23)ccc1C(F)(F)F. The number of anilines is 1. The molecular weight excluding hydrogens is 385 g/mol. The molecule has 3 N–H and O–H groups in total. The molecule has 0 bridgehead atoms. The number of aromatic amines is 1. The summed E-state index contributed by atoms with van der Waals surface area (Å²) in [6.07, 6.45) is -2.95. The van der Waals surface area contributed by atoms with Crippen molar-refractivity contribution in [2.75, 3.05) is 5.32 Å². The van der Waals surface area contributed by atoms with Crippen molar-refractivity contribution >= 4 is 28.4 Å². The number of nitriles is 1. The average molecular weight is 400 g/mol. The van der Waals surface area contributed by atoms with Gasteiger partial charge in [-0.1, -0.05) is 12.1 Å². The highest BCUT2D eigenvalue weighted by molar-refractivity contribution is 6.40. The standard InChI is InChI=1S/C20H15F3N4O2/c1-11-6-13(2-4-15(11)20(21,22)23)9-26-18(28)19(29)27-17-10-25-16-5-3-12(8-24)7-14(16)17/h2-7,10,25H,9H2,1H3,(H,26,28)(H,27,29). The smallest absolute Gasteiger partial charge is 0.359 e. The Kier molecular flexibility index (Phi) is 5.28. The van der Waals surface area contributed by atoms with Gasteiger partial charge in [0.25, 0.3) is 0 Å². The maximum atomic E-state index is 12.8. The van der Waals surface area contributed by atoms with Gasteiger partial charge in [0.2, 0.25) is 0 Å². The Hall–Kier alpha value is -3.80. The van der Waals surface area contributed by atoms with Crippen molar-refractivity contribution in [2.24, 2.45) is 0 Å². The van der Waals surface area contributed by atoms with Crippen LogP contribution in [0.15, 0.2) is 42.6 Å². The van der Waals surface area contributed by atoms with Gasteiger partial charge < -0.3 is 15.6 Å². The summed E-state index contributed by atoms with van der Waals surface area (Å²) in [5.74, 6) is -1.87. The van der Waals surface area contributed by atoms with Gasteiger partial charge in [-0.3, -0.25) is 9.59 Å². The Morgan fingerprint density at radius 2 is 1.90 bits per heavy atom. The van der Waals surface area contributed by atoms with Crippen molar-refractivity contribution in [2.45, 2.75) is 19.6 Å². The number of H-pyrrole nitrogens is 1. The molecule has 0 aliphatic rings. The number of fused-ring (bicyclic) bond motifs is 1. The average Bonchev–Trinajstić information content (AvgIpc) is 3.06. The lowest BCUT2D eigenvalue weighted by Gasteiger charge is -2.12. The van der Waals surface area contributed by atoms with Crippen LogP contribution < -0.4 is 10.6 Å². The van der Waals surface area contributed by atoms with Crippen molar-refractivity contribution in [3.63, 3.8) is 0 Å². The predicted octanol–water partition coefficient (Wildman–Crippen LogP) is 3.62. The molecule has 0 spiro atoms. The maximum absolute atomic E-state index is 12.8. The molecule has 0 atom stereocenters. The number of carbonyl (C=O) groups excluding carboxylic acids is 2. The molecule has 29 heavy (non-hydrogen) atoms. The predicted molar refractivity (Wildman–Crippen MR) is 99.7 cm³/mol. The number of nitrogens with one attached hydrogen (secondary N) is 3.